The smallest absolute Gasteiger partial charge is 0.230 e. The molecule has 138 valence electrons. The molecule has 0 aliphatic rings. The van der Waals surface area contributed by atoms with Crippen LogP contribution in [-0.4, -0.2) is 45.1 Å². The number of hydrogen-bond donors (Lipinski definition) is 0. The molecule has 2 heterocycles. The zero-order valence-electron chi connectivity index (χ0n) is 14.1. The number of sulfone groups is 1. The Bertz CT molecular complexity index is 1120. The van der Waals surface area contributed by atoms with Gasteiger partial charge in [0.2, 0.25) is 9.84 Å². The third-order valence-electron chi connectivity index (χ3n) is 3.78. The fourth-order valence-electron chi connectivity index (χ4n) is 2.52. The predicted molar refractivity (Wildman–Crippen MR) is 106 cm³/mol. The highest BCUT2D eigenvalue weighted by molar-refractivity contribution is 8.01. The van der Waals surface area contributed by atoms with E-state index in [-0.39, 0.29) is 10.9 Å². The third kappa shape index (κ3) is 4.02. The Morgan fingerprint density at radius 2 is 1.81 bits per heavy atom. The molecular weight excluding hydrogens is 402 g/mol. The first-order chi connectivity index (χ1) is 13.1. The number of fused-ring (bicyclic) bond motifs is 1. The van der Waals surface area contributed by atoms with Gasteiger partial charge in [-0.3, -0.25) is 0 Å². The number of thioether (sulfide) groups is 1. The summed E-state index contributed by atoms with van der Waals surface area (Å²) in [5, 5.41) is 11.0. The van der Waals surface area contributed by atoms with Gasteiger partial charge in [0.1, 0.15) is 0 Å². The fraction of sp³-hybridized carbons (Fsp3) is 0.176. The lowest BCUT2D eigenvalue weighted by molar-refractivity contribution is 0.579. The highest BCUT2D eigenvalue weighted by atomic mass is 32.2. The molecule has 0 atom stereocenters. The standard InChI is InChI=1S/C17H15N5O2S3/c23-27(24,16-19-20-21-22(16)13-7-2-1-3-8-13)12-6-11-25-17-18-14-9-4-5-10-15(14)26-17/h1-5,7-10H,6,11-12H2. The summed E-state index contributed by atoms with van der Waals surface area (Å²) < 4.78 is 28.6. The molecule has 10 heteroatoms. The van der Waals surface area contributed by atoms with Crippen molar-refractivity contribution in [1.82, 2.24) is 25.2 Å². The van der Waals surface area contributed by atoms with Crippen LogP contribution in [0.4, 0.5) is 0 Å². The molecule has 0 saturated heterocycles. The van der Waals surface area contributed by atoms with Crippen LogP contribution < -0.4 is 0 Å². The van der Waals surface area contributed by atoms with Crippen molar-refractivity contribution in [2.45, 2.75) is 15.9 Å². The number of benzene rings is 2. The van der Waals surface area contributed by atoms with Crippen LogP contribution in [0.5, 0.6) is 0 Å². The highest BCUT2D eigenvalue weighted by Gasteiger charge is 2.23. The Morgan fingerprint density at radius 1 is 1.04 bits per heavy atom. The molecule has 7 nitrogen and oxygen atoms in total. The molecule has 0 aliphatic heterocycles. The van der Waals surface area contributed by atoms with Gasteiger partial charge in [-0.15, -0.1) is 11.3 Å². The van der Waals surface area contributed by atoms with Gasteiger partial charge in [-0.05, 0) is 41.1 Å². The summed E-state index contributed by atoms with van der Waals surface area (Å²) >= 11 is 3.19. The first-order valence-corrected chi connectivity index (χ1v) is 11.6. The minimum absolute atomic E-state index is 0.0158. The minimum atomic E-state index is -3.58. The number of rotatable bonds is 7. The summed E-state index contributed by atoms with van der Waals surface area (Å²) in [6, 6.07) is 16.9. The lowest BCUT2D eigenvalue weighted by Crippen LogP contribution is -2.14. The predicted octanol–water partition coefficient (Wildman–Crippen LogP) is 3.23. The molecule has 0 unspecified atom stereocenters. The van der Waals surface area contributed by atoms with Gasteiger partial charge in [-0.1, -0.05) is 47.2 Å². The topological polar surface area (TPSA) is 90.6 Å². The SMILES string of the molecule is O=S(=O)(CCCSc1nc2ccccc2s1)c1nnnn1-c1ccccc1. The van der Waals surface area contributed by atoms with Crippen molar-refractivity contribution in [3.8, 4) is 5.69 Å². The van der Waals surface area contributed by atoms with E-state index in [4.69, 9.17) is 0 Å². The number of aromatic nitrogens is 5. The largest absolute Gasteiger partial charge is 0.272 e. The first-order valence-electron chi connectivity index (χ1n) is 8.18. The number of thiazole rings is 1. The normalized spacial score (nSPS) is 11.9. The van der Waals surface area contributed by atoms with Crippen LogP contribution in [0.1, 0.15) is 6.42 Å². The Hall–Kier alpha value is -2.30. The van der Waals surface area contributed by atoms with E-state index in [2.05, 4.69) is 20.5 Å². The van der Waals surface area contributed by atoms with E-state index in [0.717, 1.165) is 14.6 Å². The van der Waals surface area contributed by atoms with Gasteiger partial charge < -0.3 is 0 Å². The summed E-state index contributed by atoms with van der Waals surface area (Å²) in [5.74, 6) is 0.643. The quantitative estimate of drug-likeness (QED) is 0.337. The molecule has 0 spiro atoms. The summed E-state index contributed by atoms with van der Waals surface area (Å²) in [5.41, 5.74) is 1.59. The van der Waals surface area contributed by atoms with E-state index in [1.54, 1.807) is 35.2 Å². The van der Waals surface area contributed by atoms with Gasteiger partial charge in [0, 0.05) is 5.75 Å². The highest BCUT2D eigenvalue weighted by Crippen LogP contribution is 2.29. The van der Waals surface area contributed by atoms with Crippen molar-refractivity contribution in [1.29, 1.82) is 0 Å². The van der Waals surface area contributed by atoms with E-state index < -0.39 is 9.84 Å². The van der Waals surface area contributed by atoms with Crippen LogP contribution in [0.25, 0.3) is 15.9 Å². The number of para-hydroxylation sites is 2. The monoisotopic (exact) mass is 417 g/mol. The molecule has 0 N–H and O–H groups in total. The van der Waals surface area contributed by atoms with Gasteiger partial charge >= 0.3 is 0 Å². The maximum atomic E-state index is 12.7. The molecule has 27 heavy (non-hydrogen) atoms. The molecule has 0 aliphatic carbocycles. The van der Waals surface area contributed by atoms with Crippen LogP contribution in [0.3, 0.4) is 0 Å². The molecule has 4 rings (SSSR count). The molecule has 2 aromatic carbocycles. The van der Waals surface area contributed by atoms with Gasteiger partial charge in [-0.25, -0.2) is 13.4 Å². The maximum Gasteiger partial charge on any atom is 0.272 e. The molecule has 2 aromatic heterocycles. The Morgan fingerprint density at radius 3 is 2.63 bits per heavy atom. The average Bonchev–Trinajstić information content (AvgIpc) is 3.33. The second kappa shape index (κ2) is 7.75. The second-order valence-corrected chi connectivity index (χ2v) is 10.1. The summed E-state index contributed by atoms with van der Waals surface area (Å²) in [6.07, 6.45) is 0.491. The first kappa shape index (κ1) is 18.1. The molecular formula is C17H15N5O2S3. The van der Waals surface area contributed by atoms with Crippen LogP contribution in [0, 0.1) is 0 Å². The molecule has 4 aromatic rings. The van der Waals surface area contributed by atoms with Crippen molar-refractivity contribution in [3.63, 3.8) is 0 Å². The van der Waals surface area contributed by atoms with E-state index >= 15 is 0 Å². The van der Waals surface area contributed by atoms with Gasteiger partial charge in [-0.2, -0.15) is 4.68 Å². The minimum Gasteiger partial charge on any atom is -0.230 e. The lowest BCUT2D eigenvalue weighted by Gasteiger charge is -2.05. The molecule has 0 saturated carbocycles. The van der Waals surface area contributed by atoms with E-state index in [1.807, 2.05) is 42.5 Å². The summed E-state index contributed by atoms with van der Waals surface area (Å²) in [6.45, 7) is 0. The molecule has 0 bridgehead atoms. The zero-order chi connectivity index (χ0) is 18.7. The lowest BCUT2D eigenvalue weighted by atomic mass is 10.3. The van der Waals surface area contributed by atoms with E-state index in [9.17, 15) is 8.42 Å². The van der Waals surface area contributed by atoms with E-state index in [0.29, 0.717) is 17.9 Å². The zero-order valence-corrected chi connectivity index (χ0v) is 16.5. The Kier molecular flexibility index (Phi) is 5.19. The van der Waals surface area contributed by atoms with E-state index in [1.165, 1.54) is 4.68 Å². The van der Waals surface area contributed by atoms with Crippen LogP contribution in [-0.2, 0) is 9.84 Å². The second-order valence-electron chi connectivity index (χ2n) is 5.68. The fourth-order valence-corrected chi connectivity index (χ4v) is 6.05. The average molecular weight is 418 g/mol. The maximum absolute atomic E-state index is 12.7. The van der Waals surface area contributed by atoms with Gasteiger partial charge in [0.25, 0.3) is 5.16 Å². The Balaban J connectivity index is 1.40. The summed E-state index contributed by atoms with van der Waals surface area (Å²) in [4.78, 5) is 4.55. The van der Waals surface area contributed by atoms with Crippen molar-refractivity contribution in [2.24, 2.45) is 0 Å². The van der Waals surface area contributed by atoms with Crippen molar-refractivity contribution in [2.75, 3.05) is 11.5 Å². The van der Waals surface area contributed by atoms with Crippen LogP contribution >= 0.6 is 23.1 Å². The van der Waals surface area contributed by atoms with Gasteiger partial charge in [0.15, 0.2) is 4.34 Å². The Labute approximate surface area is 164 Å². The molecule has 0 radical (unpaired) electrons. The molecule has 0 fully saturated rings. The van der Waals surface area contributed by atoms with Crippen LogP contribution in [0.2, 0.25) is 0 Å². The number of nitrogens with zero attached hydrogens (tertiary/aromatic N) is 5. The van der Waals surface area contributed by atoms with Crippen LogP contribution in [0.15, 0.2) is 64.1 Å². The van der Waals surface area contributed by atoms with Crippen molar-refractivity contribution < 1.29 is 8.42 Å². The third-order valence-corrected chi connectivity index (χ3v) is 7.68. The van der Waals surface area contributed by atoms with Crippen molar-refractivity contribution in [3.05, 3.63) is 54.6 Å². The number of tetrazole rings is 1. The number of hydrogen-bond acceptors (Lipinski definition) is 8. The van der Waals surface area contributed by atoms with Gasteiger partial charge in [0.05, 0.1) is 21.7 Å². The molecule has 0 amide bonds. The summed E-state index contributed by atoms with van der Waals surface area (Å²) in [7, 11) is -3.58. The van der Waals surface area contributed by atoms with Crippen molar-refractivity contribution >= 4 is 43.2 Å².